The van der Waals surface area contributed by atoms with Gasteiger partial charge in [-0.15, -0.1) is 24.0 Å². The molecule has 3 rings (SSSR count). The van der Waals surface area contributed by atoms with E-state index in [1.165, 1.54) is 77.7 Å². The number of rotatable bonds is 5. The molecule has 0 aromatic rings. The molecule has 1 N–H and O–H groups in total. The molecule has 134 valence electrons. The van der Waals surface area contributed by atoms with Gasteiger partial charge < -0.3 is 15.1 Å². The molecule has 0 bridgehead atoms. The van der Waals surface area contributed by atoms with E-state index in [0.29, 0.717) is 6.04 Å². The van der Waals surface area contributed by atoms with Crippen LogP contribution in [-0.4, -0.2) is 61.6 Å². The maximum atomic E-state index is 4.54. The fraction of sp³-hybridized carbons (Fsp3) is 0.944. The maximum Gasteiger partial charge on any atom is 0.193 e. The molecule has 3 atom stereocenters. The average molecular weight is 434 g/mol. The van der Waals surface area contributed by atoms with E-state index in [9.17, 15) is 0 Å². The van der Waals surface area contributed by atoms with Crippen LogP contribution in [0.4, 0.5) is 0 Å². The van der Waals surface area contributed by atoms with Crippen LogP contribution in [0.3, 0.4) is 0 Å². The number of likely N-dealkylation sites (tertiary alicyclic amines) is 2. The summed E-state index contributed by atoms with van der Waals surface area (Å²) in [5.41, 5.74) is 0. The summed E-state index contributed by atoms with van der Waals surface area (Å²) < 4.78 is 0. The molecule has 2 saturated heterocycles. The van der Waals surface area contributed by atoms with Crippen molar-refractivity contribution < 1.29 is 0 Å². The predicted octanol–water partition coefficient (Wildman–Crippen LogP) is 3.18. The number of guanidine groups is 1. The van der Waals surface area contributed by atoms with E-state index >= 15 is 0 Å². The molecule has 0 radical (unpaired) electrons. The molecular formula is C18H35IN4. The van der Waals surface area contributed by atoms with Crippen molar-refractivity contribution in [1.29, 1.82) is 0 Å². The molecule has 4 nitrogen and oxygen atoms in total. The summed E-state index contributed by atoms with van der Waals surface area (Å²) in [6.45, 7) is 8.62. The topological polar surface area (TPSA) is 30.9 Å². The molecule has 5 heteroatoms. The van der Waals surface area contributed by atoms with E-state index in [-0.39, 0.29) is 24.0 Å². The first-order valence-electron chi connectivity index (χ1n) is 9.50. The van der Waals surface area contributed by atoms with E-state index < -0.39 is 0 Å². The van der Waals surface area contributed by atoms with Crippen LogP contribution in [0.1, 0.15) is 51.9 Å². The normalized spacial score (nSPS) is 31.8. The van der Waals surface area contributed by atoms with E-state index in [2.05, 4.69) is 27.0 Å². The zero-order valence-electron chi connectivity index (χ0n) is 15.0. The van der Waals surface area contributed by atoms with Crippen LogP contribution in [0.15, 0.2) is 4.99 Å². The minimum atomic E-state index is 0. The Bertz CT molecular complexity index is 381. The molecule has 1 aliphatic carbocycles. The Morgan fingerprint density at radius 3 is 2.65 bits per heavy atom. The lowest BCUT2D eigenvalue weighted by Crippen LogP contribution is -2.42. The Morgan fingerprint density at radius 1 is 1.17 bits per heavy atom. The fourth-order valence-electron chi connectivity index (χ4n) is 4.26. The number of nitrogens with zero attached hydrogens (tertiary/aromatic N) is 3. The molecule has 3 fully saturated rings. The van der Waals surface area contributed by atoms with Gasteiger partial charge in [0.1, 0.15) is 0 Å². The highest BCUT2D eigenvalue weighted by molar-refractivity contribution is 14.0. The zero-order valence-corrected chi connectivity index (χ0v) is 17.3. The van der Waals surface area contributed by atoms with Crippen molar-refractivity contribution in [3.8, 4) is 0 Å². The lowest BCUT2D eigenvalue weighted by Gasteiger charge is -2.29. The lowest BCUT2D eigenvalue weighted by atomic mass is 10.1. The second-order valence-corrected chi connectivity index (χ2v) is 7.54. The summed E-state index contributed by atoms with van der Waals surface area (Å²) >= 11 is 0. The Balaban J connectivity index is 0.00000192. The molecule has 23 heavy (non-hydrogen) atoms. The minimum Gasteiger partial charge on any atom is -0.353 e. The first-order valence-corrected chi connectivity index (χ1v) is 9.50. The van der Waals surface area contributed by atoms with Crippen molar-refractivity contribution in [1.82, 2.24) is 15.1 Å². The van der Waals surface area contributed by atoms with Gasteiger partial charge in [-0.2, -0.15) is 0 Å². The smallest absolute Gasteiger partial charge is 0.193 e. The highest BCUT2D eigenvalue weighted by atomic mass is 127. The molecule has 0 aromatic carbocycles. The Hall–Kier alpha value is -0.0400. The number of hydrogen-bond donors (Lipinski definition) is 1. The fourth-order valence-corrected chi connectivity index (χ4v) is 4.26. The average Bonchev–Trinajstić information content (AvgIpc) is 3.10. The molecule has 0 spiro atoms. The third kappa shape index (κ3) is 5.48. The van der Waals surface area contributed by atoms with E-state index in [1.807, 2.05) is 7.05 Å². The molecule has 0 amide bonds. The second-order valence-electron chi connectivity index (χ2n) is 7.54. The van der Waals surface area contributed by atoms with E-state index in [0.717, 1.165) is 17.8 Å². The SMILES string of the molecule is CCCC1CC1NC(=NC)N1CCC(CN2CCCCC2)C1.I. The Morgan fingerprint density at radius 2 is 1.96 bits per heavy atom. The molecule has 3 aliphatic rings. The third-order valence-corrected chi connectivity index (χ3v) is 5.66. The summed E-state index contributed by atoms with van der Waals surface area (Å²) in [7, 11) is 1.94. The molecule has 2 aliphatic heterocycles. The van der Waals surface area contributed by atoms with Gasteiger partial charge in [0.05, 0.1) is 0 Å². The van der Waals surface area contributed by atoms with Crippen molar-refractivity contribution in [2.45, 2.75) is 57.9 Å². The standard InChI is InChI=1S/C18H34N4.HI/c1-3-7-16-12-17(16)20-18(19-2)22-11-8-15(14-22)13-21-9-5-4-6-10-21;/h15-17H,3-14H2,1-2H3,(H,19,20);1H. The van der Waals surface area contributed by atoms with Gasteiger partial charge in [0.2, 0.25) is 0 Å². The van der Waals surface area contributed by atoms with Crippen LogP contribution in [0.2, 0.25) is 0 Å². The van der Waals surface area contributed by atoms with Crippen LogP contribution in [0.5, 0.6) is 0 Å². The molecule has 2 heterocycles. The first kappa shape index (κ1) is 19.3. The summed E-state index contributed by atoms with van der Waals surface area (Å²) in [4.78, 5) is 9.73. The summed E-state index contributed by atoms with van der Waals surface area (Å²) in [5, 5.41) is 3.70. The van der Waals surface area contributed by atoms with Crippen molar-refractivity contribution in [2.24, 2.45) is 16.8 Å². The molecule has 0 aromatic heterocycles. The van der Waals surface area contributed by atoms with Gasteiger partial charge in [0.25, 0.3) is 0 Å². The monoisotopic (exact) mass is 434 g/mol. The van der Waals surface area contributed by atoms with Crippen LogP contribution < -0.4 is 5.32 Å². The predicted molar refractivity (Wildman–Crippen MR) is 109 cm³/mol. The number of halogens is 1. The first-order chi connectivity index (χ1) is 10.8. The summed E-state index contributed by atoms with van der Waals surface area (Å²) in [5.74, 6) is 2.89. The Kier molecular flexibility index (Phi) is 7.92. The Labute approximate surface area is 159 Å². The highest BCUT2D eigenvalue weighted by Gasteiger charge is 2.38. The van der Waals surface area contributed by atoms with Gasteiger partial charge in [-0.05, 0) is 57.0 Å². The van der Waals surface area contributed by atoms with Gasteiger partial charge in [0, 0.05) is 32.7 Å². The van der Waals surface area contributed by atoms with E-state index in [4.69, 9.17) is 0 Å². The zero-order chi connectivity index (χ0) is 15.4. The minimum absolute atomic E-state index is 0. The largest absolute Gasteiger partial charge is 0.353 e. The number of hydrogen-bond acceptors (Lipinski definition) is 2. The van der Waals surface area contributed by atoms with Gasteiger partial charge in [-0.3, -0.25) is 4.99 Å². The number of piperidine rings is 1. The van der Waals surface area contributed by atoms with Crippen molar-refractivity contribution in [3.63, 3.8) is 0 Å². The molecular weight excluding hydrogens is 399 g/mol. The summed E-state index contributed by atoms with van der Waals surface area (Å²) in [6.07, 6.45) is 9.60. The van der Waals surface area contributed by atoms with Crippen LogP contribution in [-0.2, 0) is 0 Å². The van der Waals surface area contributed by atoms with Crippen molar-refractivity contribution >= 4 is 29.9 Å². The highest BCUT2D eigenvalue weighted by Crippen LogP contribution is 2.34. The maximum absolute atomic E-state index is 4.54. The van der Waals surface area contributed by atoms with E-state index in [1.54, 1.807) is 0 Å². The number of aliphatic imine (C=N–C) groups is 1. The van der Waals surface area contributed by atoms with Crippen LogP contribution in [0, 0.1) is 11.8 Å². The quantitative estimate of drug-likeness (QED) is 0.410. The summed E-state index contributed by atoms with van der Waals surface area (Å²) in [6, 6.07) is 0.694. The van der Waals surface area contributed by atoms with Crippen molar-refractivity contribution in [3.05, 3.63) is 0 Å². The van der Waals surface area contributed by atoms with Gasteiger partial charge in [-0.1, -0.05) is 19.8 Å². The molecule has 1 saturated carbocycles. The van der Waals surface area contributed by atoms with Crippen molar-refractivity contribution in [2.75, 3.05) is 39.8 Å². The van der Waals surface area contributed by atoms with Crippen LogP contribution >= 0.6 is 24.0 Å². The second kappa shape index (κ2) is 9.44. The third-order valence-electron chi connectivity index (χ3n) is 5.66. The van der Waals surface area contributed by atoms with Gasteiger partial charge >= 0.3 is 0 Å². The lowest BCUT2D eigenvalue weighted by molar-refractivity contribution is 0.198. The van der Waals surface area contributed by atoms with Gasteiger partial charge in [0.15, 0.2) is 5.96 Å². The van der Waals surface area contributed by atoms with Crippen LogP contribution in [0.25, 0.3) is 0 Å². The van der Waals surface area contributed by atoms with Gasteiger partial charge in [-0.25, -0.2) is 0 Å². The number of nitrogens with one attached hydrogen (secondary N) is 1. The molecule has 3 unspecified atom stereocenters.